The molecular formula is C11H12N3O2. The van der Waals surface area contributed by atoms with Gasteiger partial charge in [0, 0.05) is 11.6 Å². The van der Waals surface area contributed by atoms with Crippen LogP contribution in [0.25, 0.3) is 0 Å². The second-order valence-electron chi connectivity index (χ2n) is 4.65. The van der Waals surface area contributed by atoms with E-state index in [9.17, 15) is 9.90 Å². The zero-order valence-electron chi connectivity index (χ0n) is 8.68. The summed E-state index contributed by atoms with van der Waals surface area (Å²) in [5.74, 6) is -0.206. The highest BCUT2D eigenvalue weighted by atomic mass is 16.4. The van der Waals surface area contributed by atoms with Crippen molar-refractivity contribution < 1.29 is 9.90 Å². The zero-order valence-corrected chi connectivity index (χ0v) is 8.68. The van der Waals surface area contributed by atoms with Crippen molar-refractivity contribution in [2.75, 3.05) is 6.54 Å². The Morgan fingerprint density at radius 1 is 1.62 bits per heavy atom. The molecule has 2 bridgehead atoms. The molecule has 2 saturated heterocycles. The largest absolute Gasteiger partial charge is 0.480 e. The number of nitrogens with one attached hydrogen (secondary N) is 1. The van der Waals surface area contributed by atoms with Gasteiger partial charge in [-0.1, -0.05) is 0 Å². The van der Waals surface area contributed by atoms with E-state index in [1.165, 1.54) is 0 Å². The van der Waals surface area contributed by atoms with Gasteiger partial charge in [0.15, 0.2) is 6.33 Å². The van der Waals surface area contributed by atoms with Crippen molar-refractivity contribution in [1.29, 1.82) is 0 Å². The lowest BCUT2D eigenvalue weighted by molar-refractivity contribution is -0.146. The summed E-state index contributed by atoms with van der Waals surface area (Å²) in [5.41, 5.74) is 0.465. The highest BCUT2D eigenvalue weighted by Gasteiger charge is 2.57. The van der Waals surface area contributed by atoms with Crippen LogP contribution in [0.5, 0.6) is 0 Å². The lowest BCUT2D eigenvalue weighted by Gasteiger charge is -2.55. The first-order chi connectivity index (χ1) is 7.72. The van der Waals surface area contributed by atoms with E-state index >= 15 is 0 Å². The van der Waals surface area contributed by atoms with Crippen molar-refractivity contribution in [3.63, 3.8) is 0 Å². The molecule has 16 heavy (non-hydrogen) atoms. The molecule has 5 nitrogen and oxygen atoms in total. The first-order valence-electron chi connectivity index (χ1n) is 5.38. The molecule has 1 saturated carbocycles. The summed E-state index contributed by atoms with van der Waals surface area (Å²) >= 11 is 0. The van der Waals surface area contributed by atoms with Crippen molar-refractivity contribution >= 4 is 5.97 Å². The van der Waals surface area contributed by atoms with Crippen molar-refractivity contribution in [1.82, 2.24) is 15.3 Å². The number of carbonyl (C=O) groups is 1. The second kappa shape index (κ2) is 3.25. The molecule has 0 amide bonds. The van der Waals surface area contributed by atoms with Crippen LogP contribution in [0.15, 0.2) is 12.3 Å². The van der Waals surface area contributed by atoms with Crippen molar-refractivity contribution in [2.24, 2.45) is 5.92 Å². The lowest BCUT2D eigenvalue weighted by Crippen LogP contribution is -2.67. The third-order valence-corrected chi connectivity index (χ3v) is 3.76. The molecule has 83 valence electrons. The molecule has 3 fully saturated rings. The summed E-state index contributed by atoms with van der Waals surface area (Å²) in [6.45, 7) is 0.799. The average Bonchev–Trinajstić information content (AvgIpc) is 2.28. The number of nitrogens with zero attached hydrogens (tertiary/aromatic N) is 2. The van der Waals surface area contributed by atoms with Gasteiger partial charge >= 0.3 is 5.97 Å². The quantitative estimate of drug-likeness (QED) is 0.729. The van der Waals surface area contributed by atoms with E-state index in [1.54, 1.807) is 12.3 Å². The molecule has 1 radical (unpaired) electrons. The van der Waals surface area contributed by atoms with Gasteiger partial charge in [0.2, 0.25) is 0 Å². The first-order valence-corrected chi connectivity index (χ1v) is 5.38. The van der Waals surface area contributed by atoms with Crippen LogP contribution in [-0.4, -0.2) is 33.6 Å². The number of carboxylic acid groups (broad SMARTS) is 1. The molecule has 5 heteroatoms. The predicted molar refractivity (Wildman–Crippen MR) is 54.7 cm³/mol. The molecule has 3 aliphatic rings. The Balaban J connectivity index is 2.00. The molecule has 1 aromatic rings. The molecule has 1 unspecified atom stereocenters. The van der Waals surface area contributed by atoms with Crippen LogP contribution < -0.4 is 5.32 Å². The molecule has 0 aromatic carbocycles. The number of piperidine rings is 2. The minimum absolute atomic E-state index is 0.339. The number of aromatic nitrogens is 2. The highest BCUT2D eigenvalue weighted by Crippen LogP contribution is 2.52. The van der Waals surface area contributed by atoms with E-state index in [-0.39, 0.29) is 5.41 Å². The Labute approximate surface area is 92.9 Å². The molecule has 4 rings (SSSR count). The van der Waals surface area contributed by atoms with E-state index in [0.717, 1.165) is 25.1 Å². The maximum Gasteiger partial charge on any atom is 0.321 e. The normalized spacial score (nSPS) is 36.5. The number of hydrogen-bond acceptors (Lipinski definition) is 4. The number of aliphatic carboxylic acids is 1. The molecule has 3 heterocycles. The van der Waals surface area contributed by atoms with E-state index in [2.05, 4.69) is 21.6 Å². The number of carboxylic acids is 1. The van der Waals surface area contributed by atoms with Gasteiger partial charge in [-0.15, -0.1) is 0 Å². The van der Waals surface area contributed by atoms with Crippen molar-refractivity contribution in [3.8, 4) is 0 Å². The summed E-state index contributed by atoms with van der Waals surface area (Å²) < 4.78 is 0. The third-order valence-electron chi connectivity index (χ3n) is 3.76. The number of rotatable bonds is 2. The second-order valence-corrected chi connectivity index (χ2v) is 4.65. The van der Waals surface area contributed by atoms with Gasteiger partial charge in [0.25, 0.3) is 0 Å². The number of fused-ring (bicyclic) bond motifs is 2. The summed E-state index contributed by atoms with van der Waals surface area (Å²) in [7, 11) is 0. The van der Waals surface area contributed by atoms with Crippen LogP contribution >= 0.6 is 0 Å². The Kier molecular flexibility index (Phi) is 1.97. The smallest absolute Gasteiger partial charge is 0.321 e. The maximum absolute atomic E-state index is 11.3. The van der Waals surface area contributed by atoms with Gasteiger partial charge in [0.05, 0.1) is 5.69 Å². The average molecular weight is 218 g/mol. The minimum Gasteiger partial charge on any atom is -0.480 e. The van der Waals surface area contributed by atoms with Gasteiger partial charge in [0.1, 0.15) is 6.04 Å². The summed E-state index contributed by atoms with van der Waals surface area (Å²) in [4.78, 5) is 19.1. The Hall–Kier alpha value is -1.49. The topological polar surface area (TPSA) is 75.1 Å². The molecule has 1 atom stereocenters. The molecule has 2 aliphatic heterocycles. The fourth-order valence-electron chi connectivity index (χ4n) is 3.05. The summed E-state index contributed by atoms with van der Waals surface area (Å²) in [6, 6.07) is 1.27. The Morgan fingerprint density at radius 2 is 2.44 bits per heavy atom. The SMILES string of the molecule is O=C(O)C1NCC2CC1(c1ccn[c]n1)C2. The summed E-state index contributed by atoms with van der Waals surface area (Å²) in [5, 5.41) is 12.3. The van der Waals surface area contributed by atoms with E-state index in [0.29, 0.717) is 5.92 Å². The van der Waals surface area contributed by atoms with Crippen molar-refractivity contribution in [3.05, 3.63) is 24.3 Å². The zero-order chi connectivity index (χ0) is 11.2. The standard InChI is InChI=1S/C11H12N3O2/c15-10(16)9-11(3-7(4-11)5-13-9)8-1-2-12-6-14-8/h1-2,7,9,13H,3-5H2,(H,15,16). The van der Waals surface area contributed by atoms with Crippen LogP contribution in [0, 0.1) is 12.2 Å². The van der Waals surface area contributed by atoms with E-state index in [1.807, 2.05) is 0 Å². The molecule has 0 spiro atoms. The monoisotopic (exact) mass is 218 g/mol. The maximum atomic E-state index is 11.3. The molecule has 1 aliphatic carbocycles. The fraction of sp³-hybridized carbons (Fsp3) is 0.545. The van der Waals surface area contributed by atoms with Crippen LogP contribution in [-0.2, 0) is 10.2 Å². The van der Waals surface area contributed by atoms with Crippen LogP contribution in [0.3, 0.4) is 0 Å². The van der Waals surface area contributed by atoms with Gasteiger partial charge < -0.3 is 10.4 Å². The Morgan fingerprint density at radius 3 is 3.06 bits per heavy atom. The summed E-state index contributed by atoms with van der Waals surface area (Å²) in [6.07, 6.45) is 5.98. The van der Waals surface area contributed by atoms with E-state index in [4.69, 9.17) is 0 Å². The Bertz CT molecular complexity index is 414. The van der Waals surface area contributed by atoms with Gasteiger partial charge in [-0.25, -0.2) is 9.97 Å². The first kappa shape index (κ1) is 9.72. The fourth-order valence-corrected chi connectivity index (χ4v) is 3.05. The van der Waals surface area contributed by atoms with E-state index < -0.39 is 12.0 Å². The number of hydrogen-bond donors (Lipinski definition) is 2. The molecule has 2 N–H and O–H groups in total. The van der Waals surface area contributed by atoms with Gasteiger partial charge in [-0.3, -0.25) is 4.79 Å². The van der Waals surface area contributed by atoms with Crippen molar-refractivity contribution in [2.45, 2.75) is 24.3 Å². The van der Waals surface area contributed by atoms with Crippen LogP contribution in [0.1, 0.15) is 18.5 Å². The molecule has 1 aromatic heterocycles. The lowest BCUT2D eigenvalue weighted by atomic mass is 9.54. The van der Waals surface area contributed by atoms with Gasteiger partial charge in [-0.05, 0) is 31.4 Å². The highest BCUT2D eigenvalue weighted by molar-refractivity contribution is 5.77. The third kappa shape index (κ3) is 1.18. The van der Waals surface area contributed by atoms with Crippen LogP contribution in [0.4, 0.5) is 0 Å². The minimum atomic E-state index is -0.795. The van der Waals surface area contributed by atoms with Crippen LogP contribution in [0.2, 0.25) is 0 Å². The predicted octanol–water partition coefficient (Wildman–Crippen LogP) is -0.0190. The molecular weight excluding hydrogens is 206 g/mol. The van der Waals surface area contributed by atoms with Gasteiger partial charge in [-0.2, -0.15) is 0 Å².